The minimum absolute atomic E-state index is 0.0603. The summed E-state index contributed by atoms with van der Waals surface area (Å²) in [4.78, 5) is 35.8. The molecule has 1 unspecified atom stereocenters. The van der Waals surface area contributed by atoms with E-state index in [2.05, 4.69) is 19.9 Å². The fourth-order valence-electron chi connectivity index (χ4n) is 9.09. The lowest BCUT2D eigenvalue weighted by Crippen LogP contribution is -2.53. The Kier molecular flexibility index (Phi) is 8.07. The van der Waals surface area contributed by atoms with Crippen LogP contribution in [0.1, 0.15) is 106 Å². The average Bonchev–Trinajstić information content (AvgIpc) is 3.17. The zero-order chi connectivity index (χ0) is 26.3. The minimum atomic E-state index is -0.212. The van der Waals surface area contributed by atoms with Crippen molar-refractivity contribution < 1.29 is 23.9 Å². The van der Waals surface area contributed by atoms with E-state index in [1.807, 2.05) is 13.8 Å². The molecule has 0 saturated heterocycles. The molecule has 202 valence electrons. The van der Waals surface area contributed by atoms with Gasteiger partial charge in [-0.2, -0.15) is 0 Å². The van der Waals surface area contributed by atoms with Crippen molar-refractivity contribution in [3.05, 3.63) is 11.6 Å². The van der Waals surface area contributed by atoms with E-state index in [0.29, 0.717) is 53.8 Å². The third kappa shape index (κ3) is 5.05. The van der Waals surface area contributed by atoms with Crippen LogP contribution in [-0.2, 0) is 23.9 Å². The second kappa shape index (κ2) is 10.6. The highest BCUT2D eigenvalue weighted by atomic mass is 16.5. The van der Waals surface area contributed by atoms with Gasteiger partial charge in [0.05, 0.1) is 0 Å². The van der Waals surface area contributed by atoms with Crippen molar-refractivity contribution in [2.24, 2.45) is 46.3 Å². The predicted molar refractivity (Wildman–Crippen MR) is 140 cm³/mol. The van der Waals surface area contributed by atoms with E-state index >= 15 is 0 Å². The Morgan fingerprint density at radius 2 is 1.75 bits per heavy atom. The zero-order valence-corrected chi connectivity index (χ0v) is 23.4. The number of ketones is 1. The van der Waals surface area contributed by atoms with Crippen LogP contribution < -0.4 is 0 Å². The summed E-state index contributed by atoms with van der Waals surface area (Å²) in [6, 6.07) is 0. The lowest BCUT2D eigenvalue weighted by Gasteiger charge is -2.59. The zero-order valence-electron chi connectivity index (χ0n) is 23.4. The Morgan fingerprint density at radius 3 is 2.42 bits per heavy atom. The van der Waals surface area contributed by atoms with E-state index < -0.39 is 0 Å². The van der Waals surface area contributed by atoms with E-state index in [4.69, 9.17) is 9.47 Å². The lowest BCUT2D eigenvalue weighted by molar-refractivity contribution is -0.154. The summed E-state index contributed by atoms with van der Waals surface area (Å²) >= 11 is 0. The molecular formula is C31H48O5. The molecule has 0 aromatic carbocycles. The predicted octanol–water partition coefficient (Wildman–Crippen LogP) is 6.68. The Balaban J connectivity index is 1.54. The molecule has 4 rings (SSSR count). The smallest absolute Gasteiger partial charge is 0.302 e. The molecule has 0 heterocycles. The molecule has 0 N–H and O–H groups in total. The van der Waals surface area contributed by atoms with Gasteiger partial charge in [0.25, 0.3) is 0 Å². The first kappa shape index (κ1) is 27.4. The van der Waals surface area contributed by atoms with E-state index in [1.165, 1.54) is 45.1 Å². The number of hydrogen-bond donors (Lipinski definition) is 0. The maximum atomic E-state index is 12.3. The monoisotopic (exact) mass is 500 g/mol. The standard InChI is InChI=1S/C31H48O5/c1-19(2)29(34)12-7-20(3)26-10-11-27-25-9-8-23-17-24(36-22(5)33)13-16-31(23,18-35-21(4)32)28(25)14-15-30(26,27)6/h8,19-20,24-28H,7,9-18H2,1-6H3/t20-,24?,25+,26-,27+,28+,30-,31-/m1/s1. The molecule has 0 aromatic heterocycles. The van der Waals surface area contributed by atoms with Gasteiger partial charge in [-0.05, 0) is 86.4 Å². The number of rotatable bonds is 8. The third-order valence-electron chi connectivity index (χ3n) is 10.9. The topological polar surface area (TPSA) is 69.7 Å². The van der Waals surface area contributed by atoms with E-state index in [0.717, 1.165) is 32.1 Å². The van der Waals surface area contributed by atoms with Gasteiger partial charge < -0.3 is 9.47 Å². The molecule has 0 radical (unpaired) electrons. The first-order valence-electron chi connectivity index (χ1n) is 14.5. The van der Waals surface area contributed by atoms with Crippen LogP contribution in [0.5, 0.6) is 0 Å². The number of carbonyl (C=O) groups is 3. The lowest BCUT2D eigenvalue weighted by atomic mass is 9.46. The maximum Gasteiger partial charge on any atom is 0.302 e. The number of fused-ring (bicyclic) bond motifs is 5. The number of hydrogen-bond acceptors (Lipinski definition) is 5. The van der Waals surface area contributed by atoms with Crippen molar-refractivity contribution in [2.45, 2.75) is 112 Å². The number of carbonyl (C=O) groups excluding carboxylic acids is 3. The SMILES string of the molecule is CC(=O)OC[C@]12CCC(OC(C)=O)CC1=CC[C@@H]1[C@@H]2CC[C@]2(C)[C@@H]([C@H](C)CCC(=O)C(C)C)CC[C@@H]12. The van der Waals surface area contributed by atoms with Gasteiger partial charge in [0.15, 0.2) is 0 Å². The molecule has 5 nitrogen and oxygen atoms in total. The van der Waals surface area contributed by atoms with E-state index in [1.54, 1.807) is 0 Å². The Morgan fingerprint density at radius 1 is 1.00 bits per heavy atom. The molecular weight excluding hydrogens is 452 g/mol. The summed E-state index contributed by atoms with van der Waals surface area (Å²) in [5.74, 6) is 3.17. The van der Waals surface area contributed by atoms with Crippen molar-refractivity contribution in [3.8, 4) is 0 Å². The minimum Gasteiger partial charge on any atom is -0.465 e. The molecule has 0 bridgehead atoms. The fraction of sp³-hybridized carbons (Fsp3) is 0.839. The molecule has 0 amide bonds. The Hall–Kier alpha value is -1.65. The van der Waals surface area contributed by atoms with Crippen LogP contribution in [0.4, 0.5) is 0 Å². The van der Waals surface area contributed by atoms with Crippen molar-refractivity contribution in [1.82, 2.24) is 0 Å². The molecule has 4 aliphatic rings. The van der Waals surface area contributed by atoms with Gasteiger partial charge in [-0.1, -0.05) is 39.3 Å². The second-order valence-corrected chi connectivity index (χ2v) is 13.1. The van der Waals surface area contributed by atoms with Crippen LogP contribution >= 0.6 is 0 Å². The summed E-state index contributed by atoms with van der Waals surface area (Å²) in [7, 11) is 0. The Labute approximate surface area is 218 Å². The number of Topliss-reactive ketones (excluding diaryl/α,β-unsaturated/α-hetero) is 1. The average molecular weight is 501 g/mol. The van der Waals surface area contributed by atoms with Gasteiger partial charge >= 0.3 is 11.9 Å². The summed E-state index contributed by atoms with van der Waals surface area (Å²) in [5.41, 5.74) is 1.57. The van der Waals surface area contributed by atoms with Crippen molar-refractivity contribution >= 4 is 17.7 Å². The van der Waals surface area contributed by atoms with Crippen LogP contribution in [0, 0.1) is 46.3 Å². The van der Waals surface area contributed by atoms with Gasteiger partial charge in [0.1, 0.15) is 18.5 Å². The van der Waals surface area contributed by atoms with Gasteiger partial charge in [-0.3, -0.25) is 14.4 Å². The molecule has 4 aliphatic carbocycles. The first-order valence-corrected chi connectivity index (χ1v) is 14.5. The Bertz CT molecular complexity index is 889. The quantitative estimate of drug-likeness (QED) is 0.275. The molecule has 0 spiro atoms. The molecule has 5 heteroatoms. The van der Waals surface area contributed by atoms with Gasteiger partial charge in [-0.15, -0.1) is 0 Å². The molecule has 0 aliphatic heterocycles. The molecule has 8 atom stereocenters. The summed E-state index contributed by atoms with van der Waals surface area (Å²) in [6.07, 6.45) is 12.6. The van der Waals surface area contributed by atoms with Crippen LogP contribution in [0.3, 0.4) is 0 Å². The fourth-order valence-corrected chi connectivity index (χ4v) is 9.09. The largest absolute Gasteiger partial charge is 0.465 e. The van der Waals surface area contributed by atoms with E-state index in [9.17, 15) is 14.4 Å². The van der Waals surface area contributed by atoms with Gasteiger partial charge in [0.2, 0.25) is 0 Å². The van der Waals surface area contributed by atoms with Crippen LogP contribution in [0.15, 0.2) is 11.6 Å². The van der Waals surface area contributed by atoms with Crippen LogP contribution in [-0.4, -0.2) is 30.4 Å². The van der Waals surface area contributed by atoms with Crippen molar-refractivity contribution in [1.29, 1.82) is 0 Å². The molecule has 3 saturated carbocycles. The number of ether oxygens (including phenoxy) is 2. The van der Waals surface area contributed by atoms with Crippen molar-refractivity contribution in [3.63, 3.8) is 0 Å². The number of allylic oxidation sites excluding steroid dienone is 1. The van der Waals surface area contributed by atoms with E-state index in [-0.39, 0.29) is 29.4 Å². The maximum absolute atomic E-state index is 12.3. The summed E-state index contributed by atoms with van der Waals surface area (Å²) < 4.78 is 11.4. The van der Waals surface area contributed by atoms with Crippen molar-refractivity contribution in [2.75, 3.05) is 6.61 Å². The second-order valence-electron chi connectivity index (χ2n) is 13.1. The molecule has 3 fully saturated rings. The van der Waals surface area contributed by atoms with Gasteiger partial charge in [0, 0.05) is 38.0 Å². The summed E-state index contributed by atoms with van der Waals surface area (Å²) in [5, 5.41) is 0. The highest BCUT2D eigenvalue weighted by Crippen LogP contribution is 2.67. The summed E-state index contributed by atoms with van der Waals surface area (Å²) in [6.45, 7) is 12.4. The first-order chi connectivity index (χ1) is 17.0. The normalized spacial score (nSPS) is 38.3. The van der Waals surface area contributed by atoms with Crippen LogP contribution in [0.2, 0.25) is 0 Å². The van der Waals surface area contributed by atoms with Gasteiger partial charge in [-0.25, -0.2) is 0 Å². The van der Waals surface area contributed by atoms with Crippen LogP contribution in [0.25, 0.3) is 0 Å². The highest BCUT2D eigenvalue weighted by molar-refractivity contribution is 5.80. The molecule has 36 heavy (non-hydrogen) atoms. The third-order valence-corrected chi connectivity index (χ3v) is 10.9. The highest BCUT2D eigenvalue weighted by Gasteiger charge is 2.60. The number of esters is 2. The molecule has 0 aromatic rings.